The van der Waals surface area contributed by atoms with E-state index in [-0.39, 0.29) is 5.91 Å². The van der Waals surface area contributed by atoms with E-state index < -0.39 is 0 Å². The van der Waals surface area contributed by atoms with E-state index in [4.69, 9.17) is 11.6 Å². The molecule has 0 spiro atoms. The number of benzene rings is 3. The van der Waals surface area contributed by atoms with Crippen molar-refractivity contribution in [2.75, 3.05) is 11.9 Å². The maximum Gasteiger partial charge on any atom is 0.255 e. The molecule has 37 heavy (non-hydrogen) atoms. The quantitative estimate of drug-likeness (QED) is 0.226. The summed E-state index contributed by atoms with van der Waals surface area (Å²) in [4.78, 5) is 28.0. The molecule has 0 aliphatic carbocycles. The lowest BCUT2D eigenvalue weighted by atomic mass is 10.0. The number of hydrogen-bond acceptors (Lipinski definition) is 5. The van der Waals surface area contributed by atoms with Crippen LogP contribution in [-0.4, -0.2) is 32.3 Å². The summed E-state index contributed by atoms with van der Waals surface area (Å²) in [5, 5.41) is 4.71. The molecule has 184 valence electrons. The van der Waals surface area contributed by atoms with Gasteiger partial charge in [0.1, 0.15) is 17.3 Å². The minimum atomic E-state index is -0.0594. The Morgan fingerprint density at radius 1 is 0.892 bits per heavy atom. The Morgan fingerprint density at radius 2 is 1.73 bits per heavy atom. The lowest BCUT2D eigenvalue weighted by Crippen LogP contribution is -2.31. The molecular weight excluding hydrogens is 482 g/mol. The molecule has 1 N–H and O–H groups in total. The van der Waals surface area contributed by atoms with Crippen molar-refractivity contribution in [2.24, 2.45) is 0 Å². The second-order valence-corrected chi connectivity index (χ2v) is 9.13. The fourth-order valence-electron chi connectivity index (χ4n) is 4.27. The van der Waals surface area contributed by atoms with Crippen LogP contribution in [0.15, 0.2) is 97.5 Å². The molecule has 0 radical (unpaired) electrons. The predicted octanol–water partition coefficient (Wildman–Crippen LogP) is 7.14. The highest BCUT2D eigenvalue weighted by molar-refractivity contribution is 6.29. The first-order valence-corrected chi connectivity index (χ1v) is 12.6. The normalized spacial score (nSPS) is 10.9. The van der Waals surface area contributed by atoms with Crippen molar-refractivity contribution >= 4 is 39.9 Å². The molecule has 1 amide bonds. The largest absolute Gasteiger partial charge is 0.340 e. The molecule has 0 saturated carbocycles. The molecule has 0 saturated heterocycles. The lowest BCUT2D eigenvalue weighted by molar-refractivity contribution is 0.0743. The maximum atomic E-state index is 13.2. The molecular formula is C30H26ClN5O. The Morgan fingerprint density at radius 3 is 2.51 bits per heavy atom. The third kappa shape index (κ3) is 5.76. The van der Waals surface area contributed by atoms with Crippen LogP contribution in [-0.2, 0) is 6.54 Å². The van der Waals surface area contributed by atoms with E-state index in [1.807, 2.05) is 53.4 Å². The van der Waals surface area contributed by atoms with Crippen LogP contribution in [0.3, 0.4) is 0 Å². The number of amides is 1. The van der Waals surface area contributed by atoms with Crippen molar-refractivity contribution < 1.29 is 4.79 Å². The second-order valence-electron chi connectivity index (χ2n) is 8.74. The second kappa shape index (κ2) is 11.2. The van der Waals surface area contributed by atoms with Gasteiger partial charge in [-0.2, -0.15) is 0 Å². The number of aromatic nitrogens is 3. The maximum absolute atomic E-state index is 13.2. The van der Waals surface area contributed by atoms with Crippen LogP contribution in [0.2, 0.25) is 5.15 Å². The average Bonchev–Trinajstić information content (AvgIpc) is 2.93. The van der Waals surface area contributed by atoms with Crippen LogP contribution in [0, 0.1) is 0 Å². The number of carbonyl (C=O) groups excluding carboxylic acids is 1. The van der Waals surface area contributed by atoms with E-state index in [1.165, 1.54) is 6.20 Å². The van der Waals surface area contributed by atoms with Gasteiger partial charge in [0.05, 0.1) is 11.1 Å². The fourth-order valence-corrected chi connectivity index (χ4v) is 4.38. The minimum absolute atomic E-state index is 0.0594. The SMILES string of the molecule is CCCN(Cc1cccc(-c2ccc3ncnc(Nc4ccccc4)c3c2)c1)C(=O)c1ccc(Cl)nc1. The molecule has 0 aliphatic heterocycles. The number of pyridine rings is 1. The highest BCUT2D eigenvalue weighted by Crippen LogP contribution is 2.29. The summed E-state index contributed by atoms with van der Waals surface area (Å²) in [5.74, 6) is 0.696. The van der Waals surface area contributed by atoms with Crippen LogP contribution in [0.4, 0.5) is 11.5 Å². The molecule has 0 bridgehead atoms. The highest BCUT2D eigenvalue weighted by atomic mass is 35.5. The number of fused-ring (bicyclic) bond motifs is 1. The van der Waals surface area contributed by atoms with E-state index in [1.54, 1.807) is 18.5 Å². The van der Waals surface area contributed by atoms with Crippen LogP contribution < -0.4 is 5.32 Å². The van der Waals surface area contributed by atoms with Gasteiger partial charge in [0.25, 0.3) is 5.91 Å². The third-order valence-corrected chi connectivity index (χ3v) is 6.28. The van der Waals surface area contributed by atoms with Gasteiger partial charge < -0.3 is 10.2 Å². The van der Waals surface area contributed by atoms with Gasteiger partial charge in [0.2, 0.25) is 0 Å². The van der Waals surface area contributed by atoms with E-state index in [9.17, 15) is 4.79 Å². The van der Waals surface area contributed by atoms with E-state index >= 15 is 0 Å². The number of hydrogen-bond donors (Lipinski definition) is 1. The monoisotopic (exact) mass is 507 g/mol. The first kappa shape index (κ1) is 24.4. The number of carbonyl (C=O) groups is 1. The zero-order chi connectivity index (χ0) is 25.6. The average molecular weight is 508 g/mol. The van der Waals surface area contributed by atoms with Crippen LogP contribution >= 0.6 is 11.6 Å². The summed E-state index contributed by atoms with van der Waals surface area (Å²) in [5.41, 5.74) is 5.52. The van der Waals surface area contributed by atoms with E-state index in [0.29, 0.717) is 23.8 Å². The molecule has 5 rings (SSSR count). The molecule has 0 aliphatic rings. The summed E-state index contributed by atoms with van der Waals surface area (Å²) in [6, 6.07) is 27.8. The van der Waals surface area contributed by atoms with Gasteiger partial charge in [0.15, 0.2) is 0 Å². The van der Waals surface area contributed by atoms with Crippen molar-refractivity contribution in [1.29, 1.82) is 0 Å². The smallest absolute Gasteiger partial charge is 0.255 e. The summed E-state index contributed by atoms with van der Waals surface area (Å²) >= 11 is 5.90. The van der Waals surface area contributed by atoms with Gasteiger partial charge >= 0.3 is 0 Å². The topological polar surface area (TPSA) is 71.0 Å². The van der Waals surface area contributed by atoms with Gasteiger partial charge in [0, 0.05) is 30.4 Å². The first-order chi connectivity index (χ1) is 18.1. The molecule has 3 aromatic carbocycles. The van der Waals surface area contributed by atoms with Crippen LogP contribution in [0.25, 0.3) is 22.0 Å². The summed E-state index contributed by atoms with van der Waals surface area (Å²) in [7, 11) is 0. The van der Waals surface area contributed by atoms with Gasteiger partial charge in [-0.25, -0.2) is 15.0 Å². The van der Waals surface area contributed by atoms with Gasteiger partial charge in [-0.15, -0.1) is 0 Å². The predicted molar refractivity (Wildman–Crippen MR) is 149 cm³/mol. The van der Waals surface area contributed by atoms with Crippen LogP contribution in [0.1, 0.15) is 29.3 Å². The van der Waals surface area contributed by atoms with Gasteiger partial charge in [-0.05, 0) is 65.6 Å². The molecule has 5 aromatic rings. The first-order valence-electron chi connectivity index (χ1n) is 12.2. The molecule has 0 unspecified atom stereocenters. The Hall–Kier alpha value is -4.29. The van der Waals surface area contributed by atoms with Gasteiger partial charge in [-0.1, -0.05) is 61.0 Å². The molecule has 2 aromatic heterocycles. The van der Waals surface area contributed by atoms with Crippen molar-refractivity contribution in [1.82, 2.24) is 19.9 Å². The summed E-state index contributed by atoms with van der Waals surface area (Å²) in [6.07, 6.45) is 3.96. The standard InChI is InChI=1S/C30H26ClN5O/c1-2-15-36(30(37)24-12-14-28(31)32-18-24)19-21-7-6-8-22(16-21)23-11-13-27-26(17-23)29(34-20-33-27)35-25-9-4-3-5-10-25/h3-14,16-18,20H,2,15,19H2,1H3,(H,33,34,35). The Bertz CT molecular complexity index is 1520. The molecule has 0 atom stereocenters. The Balaban J connectivity index is 1.43. The van der Waals surface area contributed by atoms with Gasteiger partial charge in [-0.3, -0.25) is 4.79 Å². The third-order valence-electron chi connectivity index (χ3n) is 6.06. The van der Waals surface area contributed by atoms with E-state index in [0.717, 1.165) is 45.5 Å². The Kier molecular flexibility index (Phi) is 7.38. The molecule has 0 fully saturated rings. The minimum Gasteiger partial charge on any atom is -0.340 e. The number of anilines is 2. The summed E-state index contributed by atoms with van der Waals surface area (Å²) in [6.45, 7) is 3.21. The van der Waals surface area contributed by atoms with E-state index in [2.05, 4.69) is 51.5 Å². The Labute approximate surface area is 221 Å². The molecule has 6 nitrogen and oxygen atoms in total. The van der Waals surface area contributed by atoms with Crippen molar-refractivity contribution in [3.63, 3.8) is 0 Å². The van der Waals surface area contributed by atoms with Crippen LogP contribution in [0.5, 0.6) is 0 Å². The molecule has 2 heterocycles. The zero-order valence-corrected chi connectivity index (χ0v) is 21.2. The molecule has 7 heteroatoms. The number of nitrogens with one attached hydrogen (secondary N) is 1. The number of para-hydroxylation sites is 1. The summed E-state index contributed by atoms with van der Waals surface area (Å²) < 4.78 is 0. The van der Waals surface area contributed by atoms with Crippen molar-refractivity contribution in [3.8, 4) is 11.1 Å². The number of halogens is 1. The van der Waals surface area contributed by atoms with Crippen molar-refractivity contribution in [3.05, 3.63) is 114 Å². The number of nitrogens with zero attached hydrogens (tertiary/aromatic N) is 4. The lowest BCUT2D eigenvalue weighted by Gasteiger charge is -2.22. The van der Waals surface area contributed by atoms with Crippen molar-refractivity contribution in [2.45, 2.75) is 19.9 Å². The highest BCUT2D eigenvalue weighted by Gasteiger charge is 2.16. The number of rotatable bonds is 8. The fraction of sp³-hybridized carbons (Fsp3) is 0.133. The zero-order valence-electron chi connectivity index (χ0n) is 20.4.